The van der Waals surface area contributed by atoms with E-state index in [2.05, 4.69) is 12.2 Å². The van der Waals surface area contributed by atoms with Gasteiger partial charge < -0.3 is 15.8 Å². The number of hydrogen-bond acceptors (Lipinski definition) is 3. The highest BCUT2D eigenvalue weighted by Crippen LogP contribution is 2.10. The summed E-state index contributed by atoms with van der Waals surface area (Å²) in [5.74, 6) is 0.461. The van der Waals surface area contributed by atoms with Gasteiger partial charge in [0.2, 0.25) is 0 Å². The lowest BCUT2D eigenvalue weighted by Crippen LogP contribution is -2.35. The van der Waals surface area contributed by atoms with Crippen LogP contribution >= 0.6 is 0 Å². The van der Waals surface area contributed by atoms with Crippen molar-refractivity contribution in [1.82, 2.24) is 5.32 Å². The fourth-order valence-electron chi connectivity index (χ4n) is 1.53. The van der Waals surface area contributed by atoms with Gasteiger partial charge in [-0.05, 0) is 46.1 Å². The quantitative estimate of drug-likeness (QED) is 0.735. The zero-order valence-corrected chi connectivity index (χ0v) is 11.0. The lowest BCUT2D eigenvalue weighted by Gasteiger charge is -2.21. The molecule has 0 aliphatic heterocycles. The smallest absolute Gasteiger partial charge is 0.407 e. The Morgan fingerprint density at radius 3 is 2.44 bits per heavy atom. The van der Waals surface area contributed by atoms with Gasteiger partial charge in [-0.15, -0.1) is 0 Å². The molecule has 0 radical (unpaired) electrons. The van der Waals surface area contributed by atoms with Crippen molar-refractivity contribution in [1.29, 1.82) is 0 Å². The summed E-state index contributed by atoms with van der Waals surface area (Å²) >= 11 is 0. The second-order valence-corrected chi connectivity index (χ2v) is 5.11. The first kappa shape index (κ1) is 15.2. The van der Waals surface area contributed by atoms with Gasteiger partial charge in [-0.25, -0.2) is 4.79 Å². The SMILES string of the molecule is CCCC(CCN)CNC(=O)OC(C)(C)C. The summed E-state index contributed by atoms with van der Waals surface area (Å²) in [4.78, 5) is 11.4. The molecule has 1 atom stereocenters. The molecule has 1 unspecified atom stereocenters. The highest BCUT2D eigenvalue weighted by molar-refractivity contribution is 5.67. The van der Waals surface area contributed by atoms with Crippen LogP contribution in [0.2, 0.25) is 0 Å². The van der Waals surface area contributed by atoms with Gasteiger partial charge in [-0.1, -0.05) is 13.3 Å². The maximum atomic E-state index is 11.4. The van der Waals surface area contributed by atoms with Gasteiger partial charge in [-0.3, -0.25) is 0 Å². The molecule has 0 aromatic carbocycles. The van der Waals surface area contributed by atoms with Gasteiger partial charge in [-0.2, -0.15) is 0 Å². The molecular formula is C12H26N2O2. The number of carbonyl (C=O) groups excluding carboxylic acids is 1. The van der Waals surface area contributed by atoms with E-state index < -0.39 is 5.60 Å². The first-order valence-corrected chi connectivity index (χ1v) is 6.06. The van der Waals surface area contributed by atoms with E-state index >= 15 is 0 Å². The molecule has 4 nitrogen and oxygen atoms in total. The molecule has 0 aromatic heterocycles. The molecule has 3 N–H and O–H groups in total. The fraction of sp³-hybridized carbons (Fsp3) is 0.917. The van der Waals surface area contributed by atoms with Crippen LogP contribution in [0.25, 0.3) is 0 Å². The summed E-state index contributed by atoms with van der Waals surface area (Å²) in [7, 11) is 0. The van der Waals surface area contributed by atoms with Crippen LogP contribution in [0.3, 0.4) is 0 Å². The van der Waals surface area contributed by atoms with Crippen molar-refractivity contribution in [3.8, 4) is 0 Å². The molecule has 0 saturated carbocycles. The summed E-state index contributed by atoms with van der Waals surface area (Å²) in [6.07, 6.45) is 2.81. The van der Waals surface area contributed by atoms with E-state index in [4.69, 9.17) is 10.5 Å². The molecule has 0 saturated heterocycles. The van der Waals surface area contributed by atoms with Crippen molar-refractivity contribution in [3.05, 3.63) is 0 Å². The maximum Gasteiger partial charge on any atom is 0.407 e. The summed E-state index contributed by atoms with van der Waals surface area (Å²) < 4.78 is 5.16. The molecule has 0 aromatic rings. The molecule has 0 rings (SSSR count). The zero-order valence-electron chi connectivity index (χ0n) is 11.0. The third kappa shape index (κ3) is 8.53. The van der Waals surface area contributed by atoms with E-state index in [0.717, 1.165) is 19.3 Å². The Morgan fingerprint density at radius 1 is 1.38 bits per heavy atom. The number of rotatable bonds is 6. The Morgan fingerprint density at radius 2 is 2.00 bits per heavy atom. The highest BCUT2D eigenvalue weighted by Gasteiger charge is 2.16. The lowest BCUT2D eigenvalue weighted by atomic mass is 10.00. The van der Waals surface area contributed by atoms with Crippen LogP contribution < -0.4 is 11.1 Å². The molecule has 16 heavy (non-hydrogen) atoms. The molecule has 1 amide bonds. The number of nitrogens with two attached hydrogens (primary N) is 1. The summed E-state index contributed by atoms with van der Waals surface area (Å²) in [6, 6.07) is 0. The second kappa shape index (κ2) is 7.49. The Kier molecular flexibility index (Phi) is 7.13. The van der Waals surface area contributed by atoms with Crippen LogP contribution in [0, 0.1) is 5.92 Å². The van der Waals surface area contributed by atoms with Crippen molar-refractivity contribution in [2.75, 3.05) is 13.1 Å². The number of alkyl carbamates (subject to hydrolysis) is 1. The third-order valence-electron chi connectivity index (χ3n) is 2.21. The van der Waals surface area contributed by atoms with E-state index in [0.29, 0.717) is 19.0 Å². The number of ether oxygens (including phenoxy) is 1. The van der Waals surface area contributed by atoms with Crippen LogP contribution in [-0.4, -0.2) is 24.8 Å². The number of nitrogens with one attached hydrogen (secondary N) is 1. The van der Waals surface area contributed by atoms with E-state index in [1.807, 2.05) is 20.8 Å². The van der Waals surface area contributed by atoms with Crippen molar-refractivity contribution in [2.24, 2.45) is 11.7 Å². The minimum absolute atomic E-state index is 0.342. The summed E-state index contributed by atoms with van der Waals surface area (Å²) in [5, 5.41) is 2.79. The molecule has 0 fully saturated rings. The largest absolute Gasteiger partial charge is 0.444 e. The minimum Gasteiger partial charge on any atom is -0.444 e. The van der Waals surface area contributed by atoms with Crippen LogP contribution in [0.4, 0.5) is 4.79 Å². The molecule has 0 bridgehead atoms. The zero-order chi connectivity index (χ0) is 12.6. The molecule has 0 spiro atoms. The van der Waals surface area contributed by atoms with Crippen LogP contribution in [-0.2, 0) is 4.74 Å². The van der Waals surface area contributed by atoms with E-state index in [1.54, 1.807) is 0 Å². The van der Waals surface area contributed by atoms with Crippen molar-refractivity contribution < 1.29 is 9.53 Å². The molecule has 96 valence electrons. The third-order valence-corrected chi connectivity index (χ3v) is 2.21. The van der Waals surface area contributed by atoms with Crippen LogP contribution in [0.15, 0.2) is 0 Å². The maximum absolute atomic E-state index is 11.4. The normalized spacial score (nSPS) is 13.3. The van der Waals surface area contributed by atoms with Crippen molar-refractivity contribution in [3.63, 3.8) is 0 Å². The Labute approximate surface area is 98.9 Å². The summed E-state index contributed by atoms with van der Waals surface area (Å²) in [6.45, 7) is 9.03. The lowest BCUT2D eigenvalue weighted by molar-refractivity contribution is 0.0517. The summed E-state index contributed by atoms with van der Waals surface area (Å²) in [5.41, 5.74) is 5.09. The highest BCUT2D eigenvalue weighted by atomic mass is 16.6. The monoisotopic (exact) mass is 230 g/mol. The van der Waals surface area contributed by atoms with Crippen LogP contribution in [0.5, 0.6) is 0 Å². The molecule has 0 heterocycles. The number of amides is 1. The number of hydrogen-bond donors (Lipinski definition) is 2. The molecule has 0 aliphatic rings. The fourth-order valence-corrected chi connectivity index (χ4v) is 1.53. The second-order valence-electron chi connectivity index (χ2n) is 5.11. The topological polar surface area (TPSA) is 64.3 Å². The molecule has 4 heteroatoms. The predicted octanol–water partition coefficient (Wildman–Crippen LogP) is 2.28. The van der Waals surface area contributed by atoms with Gasteiger partial charge in [0.15, 0.2) is 0 Å². The van der Waals surface area contributed by atoms with Crippen molar-refractivity contribution in [2.45, 2.75) is 52.6 Å². The standard InChI is InChI=1S/C12H26N2O2/c1-5-6-10(7-8-13)9-14-11(15)16-12(2,3)4/h10H,5-9,13H2,1-4H3,(H,14,15). The molecular weight excluding hydrogens is 204 g/mol. The predicted molar refractivity (Wildman–Crippen MR) is 66.3 cm³/mol. The Balaban J connectivity index is 3.86. The molecule has 0 aliphatic carbocycles. The Hall–Kier alpha value is -0.770. The number of carbonyl (C=O) groups is 1. The van der Waals surface area contributed by atoms with Crippen LogP contribution in [0.1, 0.15) is 47.0 Å². The minimum atomic E-state index is -0.432. The van der Waals surface area contributed by atoms with Gasteiger partial charge in [0.1, 0.15) is 5.60 Å². The average Bonchev–Trinajstić information content (AvgIpc) is 2.12. The van der Waals surface area contributed by atoms with E-state index in [-0.39, 0.29) is 6.09 Å². The first-order valence-electron chi connectivity index (χ1n) is 6.06. The van der Waals surface area contributed by atoms with Gasteiger partial charge in [0.25, 0.3) is 0 Å². The average molecular weight is 230 g/mol. The van der Waals surface area contributed by atoms with Gasteiger partial charge in [0.05, 0.1) is 0 Å². The van der Waals surface area contributed by atoms with E-state index in [9.17, 15) is 4.79 Å². The van der Waals surface area contributed by atoms with Gasteiger partial charge in [0, 0.05) is 6.54 Å². The van der Waals surface area contributed by atoms with Gasteiger partial charge >= 0.3 is 6.09 Å². The van der Waals surface area contributed by atoms with Crippen molar-refractivity contribution >= 4 is 6.09 Å². The Bertz CT molecular complexity index is 194. The first-order chi connectivity index (χ1) is 7.39. The van der Waals surface area contributed by atoms with E-state index in [1.165, 1.54) is 0 Å².